The van der Waals surface area contributed by atoms with Gasteiger partial charge >= 0.3 is 11.0 Å². The minimum absolute atomic E-state index is 0.0810. The van der Waals surface area contributed by atoms with Gasteiger partial charge in [-0.25, -0.2) is 4.79 Å². The van der Waals surface area contributed by atoms with Crippen molar-refractivity contribution in [2.45, 2.75) is 38.3 Å². The Morgan fingerprint density at radius 3 is 2.63 bits per heavy atom. The van der Waals surface area contributed by atoms with E-state index in [1.807, 2.05) is 49.4 Å². The summed E-state index contributed by atoms with van der Waals surface area (Å²) in [7, 11) is 0. The van der Waals surface area contributed by atoms with Gasteiger partial charge in [-0.1, -0.05) is 53.8 Å². The number of carbonyl (C=O) groups excluding carboxylic acids is 1. The largest absolute Gasteiger partial charge is 0.494 e. The van der Waals surface area contributed by atoms with Gasteiger partial charge in [0.2, 0.25) is 5.88 Å². The number of ether oxygens (including phenoxy) is 3. The van der Waals surface area contributed by atoms with E-state index in [2.05, 4.69) is 17.1 Å². The van der Waals surface area contributed by atoms with Crippen molar-refractivity contribution < 1.29 is 24.1 Å². The summed E-state index contributed by atoms with van der Waals surface area (Å²) in [6.07, 6.45) is 1.72. The van der Waals surface area contributed by atoms with Crippen LogP contribution in [0.2, 0.25) is 0 Å². The van der Waals surface area contributed by atoms with Gasteiger partial charge in [-0.15, -0.1) is 0 Å². The molecule has 0 saturated carbocycles. The number of amides is 1. The zero-order valence-corrected chi connectivity index (χ0v) is 20.5. The Labute approximate surface area is 208 Å². The van der Waals surface area contributed by atoms with Crippen molar-refractivity contribution in [1.82, 2.24) is 9.88 Å². The van der Waals surface area contributed by atoms with E-state index in [4.69, 9.17) is 14.2 Å². The normalized spacial score (nSPS) is 16.3. The highest BCUT2D eigenvalue weighted by atomic mass is 32.1. The number of aromatic amines is 1. The Morgan fingerprint density at radius 1 is 1.14 bits per heavy atom. The van der Waals surface area contributed by atoms with E-state index in [0.717, 1.165) is 29.7 Å². The van der Waals surface area contributed by atoms with Gasteiger partial charge in [-0.05, 0) is 43.0 Å². The first-order valence-corrected chi connectivity index (χ1v) is 12.5. The van der Waals surface area contributed by atoms with Gasteiger partial charge in [0.05, 0.1) is 24.1 Å². The molecule has 2 unspecified atom stereocenters. The van der Waals surface area contributed by atoms with Crippen molar-refractivity contribution in [3.05, 3.63) is 80.3 Å². The van der Waals surface area contributed by atoms with Crippen LogP contribution in [-0.4, -0.2) is 59.6 Å². The fraction of sp³-hybridized carbons (Fsp3) is 0.385. The van der Waals surface area contributed by atoms with Crippen LogP contribution in [-0.2, 0) is 22.3 Å². The van der Waals surface area contributed by atoms with Crippen molar-refractivity contribution in [2.24, 2.45) is 0 Å². The quantitative estimate of drug-likeness (QED) is 0.367. The first-order valence-electron chi connectivity index (χ1n) is 11.7. The Morgan fingerprint density at radius 2 is 1.91 bits per heavy atom. The highest BCUT2D eigenvalue weighted by Crippen LogP contribution is 2.22. The topological polar surface area (TPSA) is 101 Å². The van der Waals surface area contributed by atoms with Crippen LogP contribution in [0, 0.1) is 0 Å². The Balaban J connectivity index is 1.16. The molecule has 1 saturated heterocycles. The molecule has 186 valence electrons. The lowest BCUT2D eigenvalue weighted by atomic mass is 10.1. The van der Waals surface area contributed by atoms with Crippen LogP contribution in [0.25, 0.3) is 0 Å². The van der Waals surface area contributed by atoms with Crippen LogP contribution >= 0.6 is 11.3 Å². The average molecular weight is 499 g/mol. The summed E-state index contributed by atoms with van der Waals surface area (Å²) in [5.74, 6) is 0.598. The molecule has 2 aromatic carbocycles. The number of thiazole rings is 1. The van der Waals surface area contributed by atoms with Gasteiger partial charge in [-0.3, -0.25) is 14.7 Å². The second-order valence-corrected chi connectivity index (χ2v) is 9.66. The summed E-state index contributed by atoms with van der Waals surface area (Å²) in [4.78, 5) is 28.0. The fourth-order valence-electron chi connectivity index (χ4n) is 3.89. The second kappa shape index (κ2) is 11.9. The van der Waals surface area contributed by atoms with Gasteiger partial charge in [0, 0.05) is 13.0 Å². The lowest BCUT2D eigenvalue weighted by Crippen LogP contribution is -2.38. The standard InChI is InChI=1S/C26H30N2O6S/c1-18(16-33-21-11-9-20(10-12-21)14-23-24(29)27-25(30)35-23)28-15-22(34-26(28)31)17-32-13-5-8-19-6-3-2-4-7-19/h2-4,6-7,9-12,18,22,29H,5,8,13-17H2,1H3,(H,27,30). The first kappa shape index (κ1) is 24.8. The van der Waals surface area contributed by atoms with E-state index >= 15 is 0 Å². The number of hydrogen-bond donors (Lipinski definition) is 2. The SMILES string of the molecule is CC(COc1ccc(Cc2sc(=O)[nH]c2O)cc1)N1CC(COCCCc2ccccc2)OC1=O. The molecule has 8 nitrogen and oxygen atoms in total. The molecule has 0 aliphatic carbocycles. The van der Waals surface area contributed by atoms with Crippen molar-refractivity contribution in [2.75, 3.05) is 26.4 Å². The molecule has 1 aromatic heterocycles. The van der Waals surface area contributed by atoms with Gasteiger partial charge in [-0.2, -0.15) is 0 Å². The minimum atomic E-state index is -0.348. The van der Waals surface area contributed by atoms with Crippen LogP contribution in [0.4, 0.5) is 4.79 Å². The number of nitrogens with one attached hydrogen (secondary N) is 1. The van der Waals surface area contributed by atoms with Crippen LogP contribution in [0.1, 0.15) is 29.3 Å². The highest BCUT2D eigenvalue weighted by molar-refractivity contribution is 7.09. The maximum atomic E-state index is 12.3. The predicted molar refractivity (Wildman–Crippen MR) is 133 cm³/mol. The lowest BCUT2D eigenvalue weighted by Gasteiger charge is -2.22. The number of nitrogens with zero attached hydrogens (tertiary/aromatic N) is 1. The number of H-pyrrole nitrogens is 1. The third kappa shape index (κ3) is 7.10. The minimum Gasteiger partial charge on any atom is -0.494 e. The lowest BCUT2D eigenvalue weighted by molar-refractivity contribution is 0.0451. The maximum Gasteiger partial charge on any atom is 0.410 e. The van der Waals surface area contributed by atoms with E-state index in [9.17, 15) is 14.7 Å². The van der Waals surface area contributed by atoms with Gasteiger partial charge < -0.3 is 19.3 Å². The molecule has 1 fully saturated rings. The van der Waals surface area contributed by atoms with Crippen molar-refractivity contribution in [3.8, 4) is 11.6 Å². The van der Waals surface area contributed by atoms with Crippen molar-refractivity contribution >= 4 is 17.4 Å². The van der Waals surface area contributed by atoms with Crippen molar-refractivity contribution in [1.29, 1.82) is 0 Å². The average Bonchev–Trinajstić information content (AvgIpc) is 3.39. The molecule has 0 spiro atoms. The van der Waals surface area contributed by atoms with Gasteiger partial charge in [0.25, 0.3) is 0 Å². The molecule has 0 bridgehead atoms. The zero-order valence-electron chi connectivity index (χ0n) is 19.6. The summed E-state index contributed by atoms with van der Waals surface area (Å²) in [5.41, 5.74) is 2.24. The second-order valence-electron chi connectivity index (χ2n) is 8.59. The number of cyclic esters (lactones) is 1. The molecule has 4 rings (SSSR count). The van der Waals surface area contributed by atoms with Crippen LogP contribution in [0.3, 0.4) is 0 Å². The van der Waals surface area contributed by atoms with Gasteiger partial charge in [0.15, 0.2) is 0 Å². The molecule has 2 atom stereocenters. The smallest absolute Gasteiger partial charge is 0.410 e. The molecular formula is C26H30N2O6S. The van der Waals surface area contributed by atoms with E-state index in [0.29, 0.717) is 43.4 Å². The number of hydrogen-bond acceptors (Lipinski definition) is 7. The number of rotatable bonds is 12. The van der Waals surface area contributed by atoms with Crippen molar-refractivity contribution in [3.63, 3.8) is 0 Å². The molecule has 0 radical (unpaired) electrons. The molecule has 9 heteroatoms. The van der Waals surface area contributed by atoms with Crippen LogP contribution < -0.4 is 9.61 Å². The number of aromatic hydroxyl groups is 1. The monoisotopic (exact) mass is 498 g/mol. The molecule has 35 heavy (non-hydrogen) atoms. The summed E-state index contributed by atoms with van der Waals surface area (Å²) in [5, 5.41) is 9.73. The molecule has 1 aliphatic rings. The Bertz CT molecular complexity index is 1140. The van der Waals surface area contributed by atoms with E-state index in [1.165, 1.54) is 5.56 Å². The summed E-state index contributed by atoms with van der Waals surface area (Å²) >= 11 is 0.998. The third-order valence-corrected chi connectivity index (χ3v) is 6.69. The van der Waals surface area contributed by atoms with Gasteiger partial charge in [0.1, 0.15) is 18.5 Å². The highest BCUT2D eigenvalue weighted by Gasteiger charge is 2.34. The Hall–Kier alpha value is -3.30. The van der Waals surface area contributed by atoms with Crippen LogP contribution in [0.5, 0.6) is 11.6 Å². The Kier molecular flexibility index (Phi) is 8.44. The molecule has 3 aromatic rings. The zero-order chi connectivity index (χ0) is 24.6. The molecular weight excluding hydrogens is 468 g/mol. The van der Waals surface area contributed by atoms with Crippen LogP contribution in [0.15, 0.2) is 59.4 Å². The number of aromatic nitrogens is 1. The third-order valence-electron chi connectivity index (χ3n) is 5.81. The molecule has 1 aliphatic heterocycles. The molecule has 1 amide bonds. The van der Waals surface area contributed by atoms with E-state index in [-0.39, 0.29) is 29.0 Å². The molecule has 2 heterocycles. The number of aryl methyl sites for hydroxylation is 1. The fourth-order valence-corrected chi connectivity index (χ4v) is 4.65. The van der Waals surface area contributed by atoms with E-state index < -0.39 is 0 Å². The molecule has 2 N–H and O–H groups in total. The summed E-state index contributed by atoms with van der Waals surface area (Å²) in [6.45, 7) is 3.75. The van der Waals surface area contributed by atoms with E-state index in [1.54, 1.807) is 4.90 Å². The number of carbonyl (C=O) groups is 1. The summed E-state index contributed by atoms with van der Waals surface area (Å²) < 4.78 is 17.1. The number of benzene rings is 2. The summed E-state index contributed by atoms with van der Waals surface area (Å²) in [6, 6.07) is 17.6. The maximum absolute atomic E-state index is 12.3. The predicted octanol–water partition coefficient (Wildman–Crippen LogP) is 3.97. The first-order chi connectivity index (χ1) is 17.0.